The number of aryl methyl sites for hydroxylation is 1. The van der Waals surface area contributed by atoms with Crippen LogP contribution in [0.2, 0.25) is 0 Å². The third-order valence-corrected chi connectivity index (χ3v) is 7.40. The smallest absolute Gasteiger partial charge is 0.294 e. The Hall–Kier alpha value is -3.60. The highest BCUT2D eigenvalue weighted by Crippen LogP contribution is 2.35. The van der Waals surface area contributed by atoms with Crippen molar-refractivity contribution in [3.8, 4) is 11.4 Å². The first-order valence-corrected chi connectivity index (χ1v) is 12.6. The predicted octanol–water partition coefficient (Wildman–Crippen LogP) is 4.45. The van der Waals surface area contributed by atoms with Gasteiger partial charge < -0.3 is 14.2 Å². The van der Waals surface area contributed by atoms with Crippen molar-refractivity contribution in [2.24, 2.45) is 0 Å². The molecule has 11 heteroatoms. The number of hydrogen-bond acceptors (Lipinski definition) is 7. The van der Waals surface area contributed by atoms with Gasteiger partial charge in [0.1, 0.15) is 12.3 Å². The minimum atomic E-state index is -0.495. The van der Waals surface area contributed by atoms with Gasteiger partial charge in [0.05, 0.1) is 22.6 Å². The summed E-state index contributed by atoms with van der Waals surface area (Å²) in [7, 11) is 1.49. The molecule has 4 rings (SSSR count). The van der Waals surface area contributed by atoms with Crippen molar-refractivity contribution < 1.29 is 24.0 Å². The highest BCUT2D eigenvalue weighted by Gasteiger charge is 2.37. The second-order valence-corrected chi connectivity index (χ2v) is 9.83. The molecule has 3 amide bonds. The summed E-state index contributed by atoms with van der Waals surface area (Å²) in [5, 5.41) is 10.9. The highest BCUT2D eigenvalue weighted by atomic mass is 32.2. The van der Waals surface area contributed by atoms with Crippen LogP contribution in [-0.2, 0) is 9.59 Å². The second kappa shape index (κ2) is 10.6. The lowest BCUT2D eigenvalue weighted by Gasteiger charge is -2.22. The van der Waals surface area contributed by atoms with Crippen LogP contribution in [0.3, 0.4) is 0 Å². The van der Waals surface area contributed by atoms with Crippen LogP contribution in [0.5, 0.6) is 5.75 Å². The first-order valence-electron chi connectivity index (χ1n) is 11.8. The van der Waals surface area contributed by atoms with Crippen molar-refractivity contribution in [2.75, 3.05) is 26.7 Å². The maximum absolute atomic E-state index is 13.0. The zero-order valence-electron chi connectivity index (χ0n) is 20.5. The van der Waals surface area contributed by atoms with Crippen LogP contribution in [0.25, 0.3) is 11.8 Å². The van der Waals surface area contributed by atoms with Gasteiger partial charge in [0.15, 0.2) is 0 Å². The van der Waals surface area contributed by atoms with Crippen LogP contribution in [0, 0.1) is 24.0 Å². The van der Waals surface area contributed by atoms with E-state index in [4.69, 9.17) is 4.74 Å². The molecule has 2 saturated heterocycles. The van der Waals surface area contributed by atoms with Gasteiger partial charge in [-0.1, -0.05) is 12.8 Å². The molecule has 10 nitrogen and oxygen atoms in total. The molecular weight excluding hydrogens is 484 g/mol. The minimum absolute atomic E-state index is 0.0740. The predicted molar refractivity (Wildman–Crippen MR) is 136 cm³/mol. The van der Waals surface area contributed by atoms with Crippen molar-refractivity contribution in [3.63, 3.8) is 0 Å². The highest BCUT2D eigenvalue weighted by molar-refractivity contribution is 8.18. The normalized spacial score (nSPS) is 17.6. The van der Waals surface area contributed by atoms with Crippen molar-refractivity contribution in [2.45, 2.75) is 39.5 Å². The average Bonchev–Trinajstić information content (AvgIpc) is 3.13. The van der Waals surface area contributed by atoms with E-state index in [-0.39, 0.29) is 23.0 Å². The fourth-order valence-corrected chi connectivity index (χ4v) is 5.43. The second-order valence-electron chi connectivity index (χ2n) is 8.84. The van der Waals surface area contributed by atoms with Crippen molar-refractivity contribution >= 4 is 40.6 Å². The first kappa shape index (κ1) is 25.5. The van der Waals surface area contributed by atoms with Gasteiger partial charge in [0.2, 0.25) is 5.91 Å². The monoisotopic (exact) mass is 512 g/mol. The molecule has 0 saturated carbocycles. The molecule has 0 bridgehead atoms. The first-order chi connectivity index (χ1) is 17.2. The number of imide groups is 1. The Morgan fingerprint density at radius 2 is 1.83 bits per heavy atom. The van der Waals surface area contributed by atoms with Crippen LogP contribution >= 0.6 is 11.8 Å². The van der Waals surface area contributed by atoms with Gasteiger partial charge in [-0.2, -0.15) is 0 Å². The molecular formula is C25H28N4O6S. The summed E-state index contributed by atoms with van der Waals surface area (Å²) in [6, 6.07) is 6.19. The molecule has 0 radical (unpaired) electrons. The van der Waals surface area contributed by atoms with Crippen LogP contribution in [0.4, 0.5) is 10.5 Å². The molecule has 190 valence electrons. The van der Waals surface area contributed by atoms with Crippen LogP contribution in [-0.4, -0.2) is 63.1 Å². The number of nitro benzene ring substituents is 1. The molecule has 0 unspecified atom stereocenters. The van der Waals surface area contributed by atoms with Crippen molar-refractivity contribution in [1.82, 2.24) is 14.4 Å². The van der Waals surface area contributed by atoms with E-state index >= 15 is 0 Å². The van der Waals surface area contributed by atoms with Gasteiger partial charge in [-0.25, -0.2) is 0 Å². The van der Waals surface area contributed by atoms with E-state index < -0.39 is 16.1 Å². The van der Waals surface area contributed by atoms with Gasteiger partial charge >= 0.3 is 0 Å². The summed E-state index contributed by atoms with van der Waals surface area (Å²) < 4.78 is 7.23. The Kier molecular flexibility index (Phi) is 7.48. The molecule has 2 aromatic rings. The zero-order chi connectivity index (χ0) is 26.0. The third kappa shape index (κ3) is 5.01. The largest absolute Gasteiger partial charge is 0.495 e. The van der Waals surface area contributed by atoms with E-state index in [0.29, 0.717) is 30.1 Å². The standard InChI is InChI=1S/C25H28N4O6S/c1-16-12-18(17(2)28(16)20-14-19(29(33)34)8-9-21(20)35-3)13-22-24(31)27(25(32)36-22)15-23(30)26-10-6-4-5-7-11-26/h8-9,12-14H,4-7,10-11,15H2,1-3H3. The summed E-state index contributed by atoms with van der Waals surface area (Å²) in [5.74, 6) is -0.247. The molecule has 2 fully saturated rings. The summed E-state index contributed by atoms with van der Waals surface area (Å²) >= 11 is 0.808. The number of aromatic nitrogens is 1. The number of nitrogens with zero attached hydrogens (tertiary/aromatic N) is 4. The Morgan fingerprint density at radius 3 is 2.47 bits per heavy atom. The maximum Gasteiger partial charge on any atom is 0.294 e. The van der Waals surface area contributed by atoms with E-state index in [1.54, 1.807) is 17.0 Å². The summed E-state index contributed by atoms with van der Waals surface area (Å²) in [4.78, 5) is 52.2. The number of rotatable bonds is 6. The zero-order valence-corrected chi connectivity index (χ0v) is 21.3. The lowest BCUT2D eigenvalue weighted by Crippen LogP contribution is -2.42. The number of carbonyl (C=O) groups excluding carboxylic acids is 3. The van der Waals surface area contributed by atoms with Crippen LogP contribution < -0.4 is 4.74 Å². The molecule has 0 atom stereocenters. The number of ether oxygens (including phenoxy) is 1. The fraction of sp³-hybridized carbons (Fsp3) is 0.400. The van der Waals surface area contributed by atoms with E-state index in [1.165, 1.54) is 19.2 Å². The topological polar surface area (TPSA) is 115 Å². The number of benzene rings is 1. The number of non-ortho nitro benzene ring substituents is 1. The van der Waals surface area contributed by atoms with Crippen LogP contribution in [0.15, 0.2) is 29.2 Å². The fourth-order valence-electron chi connectivity index (χ4n) is 4.60. The Labute approximate surface area is 213 Å². The van der Waals surface area contributed by atoms with Gasteiger partial charge in [0, 0.05) is 36.6 Å². The molecule has 2 aliphatic rings. The van der Waals surface area contributed by atoms with Gasteiger partial charge in [-0.3, -0.25) is 29.4 Å². The number of carbonyl (C=O) groups is 3. The maximum atomic E-state index is 13.0. The number of hydrogen-bond donors (Lipinski definition) is 0. The number of nitro groups is 1. The SMILES string of the molecule is COc1ccc([N+](=O)[O-])cc1-n1c(C)cc(C=C2SC(=O)N(CC(=O)N3CCCCCC3)C2=O)c1C. The van der Waals surface area contributed by atoms with E-state index in [1.807, 2.05) is 24.5 Å². The Bertz CT molecular complexity index is 1260. The number of methoxy groups -OCH3 is 1. The summed E-state index contributed by atoms with van der Waals surface area (Å²) in [5.41, 5.74) is 2.60. The quantitative estimate of drug-likeness (QED) is 0.319. The lowest BCUT2D eigenvalue weighted by atomic mass is 10.2. The molecule has 1 aromatic heterocycles. The molecule has 0 spiro atoms. The average molecular weight is 513 g/mol. The van der Waals surface area contributed by atoms with Gasteiger partial charge in [-0.15, -0.1) is 0 Å². The van der Waals surface area contributed by atoms with E-state index in [0.717, 1.165) is 53.7 Å². The van der Waals surface area contributed by atoms with Crippen molar-refractivity contribution in [1.29, 1.82) is 0 Å². The molecule has 2 aliphatic heterocycles. The summed E-state index contributed by atoms with van der Waals surface area (Å²) in [6.07, 6.45) is 5.64. The number of amides is 3. The minimum Gasteiger partial charge on any atom is -0.495 e. The molecule has 3 heterocycles. The Morgan fingerprint density at radius 1 is 1.14 bits per heavy atom. The third-order valence-electron chi connectivity index (χ3n) is 6.50. The lowest BCUT2D eigenvalue weighted by molar-refractivity contribution is -0.384. The molecule has 0 N–H and O–H groups in total. The van der Waals surface area contributed by atoms with E-state index in [2.05, 4.69) is 0 Å². The molecule has 36 heavy (non-hydrogen) atoms. The summed E-state index contributed by atoms with van der Waals surface area (Å²) in [6.45, 7) is 4.71. The van der Waals surface area contributed by atoms with E-state index in [9.17, 15) is 24.5 Å². The molecule has 1 aromatic carbocycles. The number of thioether (sulfide) groups is 1. The van der Waals surface area contributed by atoms with Gasteiger partial charge in [0.25, 0.3) is 16.8 Å². The molecule has 0 aliphatic carbocycles. The number of likely N-dealkylation sites (tertiary alicyclic amines) is 1. The van der Waals surface area contributed by atoms with Crippen LogP contribution in [0.1, 0.15) is 42.6 Å². The Balaban J connectivity index is 1.60. The van der Waals surface area contributed by atoms with Crippen molar-refractivity contribution in [3.05, 3.63) is 56.2 Å². The van der Waals surface area contributed by atoms with Gasteiger partial charge in [-0.05, 0) is 62.2 Å².